The zero-order valence-electron chi connectivity index (χ0n) is 13.9. The molecule has 1 saturated heterocycles. The first-order valence-corrected chi connectivity index (χ1v) is 9.41. The van der Waals surface area contributed by atoms with Gasteiger partial charge in [-0.15, -0.1) is 0 Å². The van der Waals surface area contributed by atoms with Crippen LogP contribution in [-0.4, -0.2) is 46.6 Å². The van der Waals surface area contributed by atoms with Crippen molar-refractivity contribution in [1.82, 2.24) is 10.2 Å². The molecule has 0 aromatic heterocycles. The Morgan fingerprint density at radius 2 is 1.88 bits per heavy atom. The van der Waals surface area contributed by atoms with Crippen LogP contribution in [0.2, 0.25) is 10.0 Å². The molecule has 25 heavy (non-hydrogen) atoms. The lowest BCUT2D eigenvalue weighted by atomic mass is 9.78. The van der Waals surface area contributed by atoms with Crippen LogP contribution in [0.15, 0.2) is 18.2 Å². The number of carbonyl (C=O) groups excluding carboxylic acids is 2. The van der Waals surface area contributed by atoms with Gasteiger partial charge in [0.25, 0.3) is 5.91 Å². The summed E-state index contributed by atoms with van der Waals surface area (Å²) >= 11 is 11.9. The molecule has 1 aliphatic heterocycles. The van der Waals surface area contributed by atoms with Gasteiger partial charge < -0.3 is 15.3 Å². The van der Waals surface area contributed by atoms with E-state index in [1.165, 1.54) is 0 Å². The Morgan fingerprint density at radius 3 is 2.48 bits per heavy atom. The van der Waals surface area contributed by atoms with Gasteiger partial charge in [-0.25, -0.2) is 0 Å². The number of nitrogens with zero attached hydrogens (tertiary/aromatic N) is 1. The van der Waals surface area contributed by atoms with Crippen molar-refractivity contribution in [2.24, 2.45) is 0 Å². The third-order valence-corrected chi connectivity index (χ3v) is 5.54. The zero-order chi connectivity index (χ0) is 18.0. The molecule has 136 valence electrons. The van der Waals surface area contributed by atoms with Gasteiger partial charge >= 0.3 is 0 Å². The van der Waals surface area contributed by atoms with Gasteiger partial charge in [0.2, 0.25) is 5.91 Å². The summed E-state index contributed by atoms with van der Waals surface area (Å²) in [5, 5.41) is 13.7. The summed E-state index contributed by atoms with van der Waals surface area (Å²) < 4.78 is 0. The Bertz CT molecular complexity index is 656. The fourth-order valence-corrected chi connectivity index (χ4v) is 4.02. The van der Waals surface area contributed by atoms with Gasteiger partial charge in [0.05, 0.1) is 5.60 Å². The number of hydrogen-bond acceptors (Lipinski definition) is 3. The van der Waals surface area contributed by atoms with Crippen molar-refractivity contribution in [3.63, 3.8) is 0 Å². The molecule has 1 saturated carbocycles. The maximum absolute atomic E-state index is 12.7. The molecule has 0 spiro atoms. The lowest BCUT2D eigenvalue weighted by Crippen LogP contribution is -2.47. The molecule has 2 aliphatic rings. The van der Waals surface area contributed by atoms with Gasteiger partial charge in [0, 0.05) is 28.7 Å². The first-order valence-electron chi connectivity index (χ1n) is 8.65. The maximum atomic E-state index is 12.7. The summed E-state index contributed by atoms with van der Waals surface area (Å²) in [5.74, 6) is -0.401. The van der Waals surface area contributed by atoms with E-state index >= 15 is 0 Å². The smallest absolute Gasteiger partial charge is 0.254 e. The van der Waals surface area contributed by atoms with Crippen LogP contribution >= 0.6 is 23.2 Å². The Labute approximate surface area is 157 Å². The van der Waals surface area contributed by atoms with Crippen LogP contribution in [0, 0.1) is 0 Å². The van der Waals surface area contributed by atoms with Crippen LogP contribution in [-0.2, 0) is 4.79 Å². The Morgan fingerprint density at radius 1 is 1.20 bits per heavy atom. The zero-order valence-corrected chi connectivity index (χ0v) is 15.4. The summed E-state index contributed by atoms with van der Waals surface area (Å²) in [6.45, 7) is 0.960. The molecule has 3 rings (SSSR count). The lowest BCUT2D eigenvalue weighted by molar-refractivity contribution is -0.125. The van der Waals surface area contributed by atoms with E-state index in [-0.39, 0.29) is 11.8 Å². The van der Waals surface area contributed by atoms with Crippen molar-refractivity contribution in [3.8, 4) is 0 Å². The van der Waals surface area contributed by atoms with Gasteiger partial charge in [0.15, 0.2) is 0 Å². The third kappa shape index (κ3) is 4.27. The monoisotopic (exact) mass is 384 g/mol. The minimum Gasteiger partial charge on any atom is -0.390 e. The fraction of sp³-hybridized carbons (Fsp3) is 0.556. The molecule has 7 heteroatoms. The van der Waals surface area contributed by atoms with E-state index < -0.39 is 11.6 Å². The van der Waals surface area contributed by atoms with Crippen molar-refractivity contribution in [2.75, 3.05) is 13.1 Å². The van der Waals surface area contributed by atoms with E-state index in [1.54, 1.807) is 23.1 Å². The standard InChI is InChI=1S/C18H22Cl2N2O3/c19-13-9-12(10-14(20)11-13)17(24)22-8-1-3-15(22)16(23)21-7-6-18(25)4-2-5-18/h9-11,15,25H,1-8H2,(H,21,23). The first kappa shape index (κ1) is 18.5. The van der Waals surface area contributed by atoms with Crippen LogP contribution < -0.4 is 5.32 Å². The molecule has 1 aliphatic carbocycles. The van der Waals surface area contributed by atoms with E-state index in [4.69, 9.17) is 23.2 Å². The van der Waals surface area contributed by atoms with Crippen LogP contribution in [0.4, 0.5) is 0 Å². The van der Waals surface area contributed by atoms with Gasteiger partial charge in [-0.2, -0.15) is 0 Å². The van der Waals surface area contributed by atoms with Crippen molar-refractivity contribution in [2.45, 2.75) is 50.2 Å². The van der Waals surface area contributed by atoms with E-state index in [0.29, 0.717) is 41.5 Å². The maximum Gasteiger partial charge on any atom is 0.254 e. The largest absolute Gasteiger partial charge is 0.390 e. The topological polar surface area (TPSA) is 69.6 Å². The van der Waals surface area contributed by atoms with E-state index in [2.05, 4.69) is 5.32 Å². The van der Waals surface area contributed by atoms with E-state index in [0.717, 1.165) is 25.7 Å². The number of nitrogens with one attached hydrogen (secondary N) is 1. The molecule has 0 radical (unpaired) electrons. The average Bonchev–Trinajstić information content (AvgIpc) is 3.01. The third-order valence-electron chi connectivity index (χ3n) is 5.10. The van der Waals surface area contributed by atoms with E-state index in [9.17, 15) is 14.7 Å². The second-order valence-electron chi connectivity index (χ2n) is 6.93. The van der Waals surface area contributed by atoms with Crippen molar-refractivity contribution in [1.29, 1.82) is 0 Å². The quantitative estimate of drug-likeness (QED) is 0.819. The highest BCUT2D eigenvalue weighted by atomic mass is 35.5. The van der Waals surface area contributed by atoms with Gasteiger partial charge in [-0.1, -0.05) is 23.2 Å². The number of rotatable bonds is 5. The highest BCUT2D eigenvalue weighted by Gasteiger charge is 2.36. The Hall–Kier alpha value is -1.30. The van der Waals surface area contributed by atoms with Gasteiger partial charge in [-0.3, -0.25) is 9.59 Å². The molecule has 1 heterocycles. The molecule has 1 atom stereocenters. The van der Waals surface area contributed by atoms with Crippen LogP contribution in [0.1, 0.15) is 48.9 Å². The number of aliphatic hydroxyl groups is 1. The summed E-state index contributed by atoms with van der Waals surface area (Å²) in [6.07, 6.45) is 4.61. The normalized spacial score (nSPS) is 21.7. The number of halogens is 2. The molecule has 2 fully saturated rings. The van der Waals surface area contributed by atoms with Crippen molar-refractivity contribution in [3.05, 3.63) is 33.8 Å². The minimum absolute atomic E-state index is 0.165. The van der Waals surface area contributed by atoms with E-state index in [1.807, 2.05) is 0 Å². The van der Waals surface area contributed by atoms with Crippen molar-refractivity contribution >= 4 is 35.0 Å². The Kier molecular flexibility index (Phi) is 5.56. The van der Waals surface area contributed by atoms with Crippen molar-refractivity contribution < 1.29 is 14.7 Å². The second-order valence-corrected chi connectivity index (χ2v) is 7.81. The number of hydrogen-bond donors (Lipinski definition) is 2. The second kappa shape index (κ2) is 7.52. The molecular formula is C18H22Cl2N2O3. The molecule has 2 N–H and O–H groups in total. The summed E-state index contributed by atoms with van der Waals surface area (Å²) in [5.41, 5.74) is -0.225. The Balaban J connectivity index is 1.61. The predicted octanol–water partition coefficient (Wildman–Crippen LogP) is 3.02. The summed E-state index contributed by atoms with van der Waals surface area (Å²) in [7, 11) is 0. The number of likely N-dealkylation sites (tertiary alicyclic amines) is 1. The summed E-state index contributed by atoms with van der Waals surface area (Å²) in [4.78, 5) is 26.8. The molecule has 2 amide bonds. The van der Waals surface area contributed by atoms with Gasteiger partial charge in [-0.05, 0) is 56.7 Å². The van der Waals surface area contributed by atoms with Crippen LogP contribution in [0.5, 0.6) is 0 Å². The molecule has 5 nitrogen and oxygen atoms in total. The predicted molar refractivity (Wildman–Crippen MR) is 96.9 cm³/mol. The number of benzene rings is 1. The number of carbonyl (C=O) groups is 2. The molecule has 1 aromatic rings. The lowest BCUT2D eigenvalue weighted by Gasteiger charge is -2.36. The molecular weight excluding hydrogens is 363 g/mol. The van der Waals surface area contributed by atoms with Gasteiger partial charge in [0.1, 0.15) is 6.04 Å². The number of amides is 2. The minimum atomic E-state index is -0.615. The van der Waals surface area contributed by atoms with Crippen LogP contribution in [0.25, 0.3) is 0 Å². The summed E-state index contributed by atoms with van der Waals surface area (Å²) in [6, 6.07) is 4.21. The van der Waals surface area contributed by atoms with Crippen LogP contribution in [0.3, 0.4) is 0 Å². The average molecular weight is 385 g/mol. The fourth-order valence-electron chi connectivity index (χ4n) is 3.50. The highest BCUT2D eigenvalue weighted by Crippen LogP contribution is 2.34. The highest BCUT2D eigenvalue weighted by molar-refractivity contribution is 6.35. The molecule has 1 aromatic carbocycles. The molecule has 1 unspecified atom stereocenters. The SMILES string of the molecule is O=C(NCCC1(O)CCC1)C1CCCN1C(=O)c1cc(Cl)cc(Cl)c1. The molecule has 0 bridgehead atoms. The first-order chi connectivity index (χ1) is 11.9.